The third kappa shape index (κ3) is 4.28. The van der Waals surface area contributed by atoms with E-state index in [1.165, 1.54) is 21.1 Å². The highest BCUT2D eigenvalue weighted by atomic mass is 16.5. The van der Waals surface area contributed by atoms with Crippen LogP contribution in [-0.4, -0.2) is 30.9 Å². The van der Waals surface area contributed by atoms with Gasteiger partial charge in [-0.3, -0.25) is 14.6 Å². The zero-order valence-corrected chi connectivity index (χ0v) is 16.1. The molecule has 1 aromatic heterocycles. The topological polar surface area (TPSA) is 77.5 Å². The highest BCUT2D eigenvalue weighted by Gasteiger charge is 2.16. The summed E-state index contributed by atoms with van der Waals surface area (Å²) < 4.78 is 10.5. The smallest absolute Gasteiger partial charge is 0.224 e. The predicted octanol–water partition coefficient (Wildman–Crippen LogP) is 3.31. The van der Waals surface area contributed by atoms with Crippen molar-refractivity contribution in [3.05, 3.63) is 65.4 Å². The van der Waals surface area contributed by atoms with Crippen LogP contribution in [0.1, 0.15) is 28.4 Å². The Morgan fingerprint density at radius 2 is 1.79 bits per heavy atom. The molecule has 3 aromatic rings. The molecule has 0 fully saturated rings. The van der Waals surface area contributed by atoms with Crippen LogP contribution in [0.5, 0.6) is 11.5 Å². The average Bonchev–Trinajstić information content (AvgIpc) is 2.71. The van der Waals surface area contributed by atoms with Crippen LogP contribution >= 0.6 is 0 Å². The van der Waals surface area contributed by atoms with E-state index in [1.54, 1.807) is 18.3 Å². The number of amides is 1. The Bertz CT molecular complexity index is 1030. The lowest BCUT2D eigenvalue weighted by molar-refractivity contribution is -0.120. The number of hydrogen-bond acceptors (Lipinski definition) is 5. The molecule has 0 atom stereocenters. The summed E-state index contributed by atoms with van der Waals surface area (Å²) in [6.07, 6.45) is 1.82. The van der Waals surface area contributed by atoms with Gasteiger partial charge in [0.1, 0.15) is 0 Å². The zero-order valence-electron chi connectivity index (χ0n) is 16.1. The van der Waals surface area contributed by atoms with Crippen LogP contribution in [0.4, 0.5) is 0 Å². The van der Waals surface area contributed by atoms with Crippen LogP contribution in [0.3, 0.4) is 0 Å². The molecule has 144 valence electrons. The summed E-state index contributed by atoms with van der Waals surface area (Å²) in [6.45, 7) is 1.86. The number of Topliss-reactive ketones (excluding diaryl/α,β-unsaturated/α-hetero) is 1. The molecular formula is C22H22N2O4. The lowest BCUT2D eigenvalue weighted by Gasteiger charge is -2.13. The molecule has 6 nitrogen and oxygen atoms in total. The number of nitrogens with one attached hydrogen (secondary N) is 1. The number of pyridine rings is 1. The number of nitrogens with zero attached hydrogens (tertiary/aromatic N) is 1. The zero-order chi connectivity index (χ0) is 20.1. The van der Waals surface area contributed by atoms with Gasteiger partial charge in [0.2, 0.25) is 5.91 Å². The molecule has 0 bridgehead atoms. The molecule has 6 heteroatoms. The number of carbonyl (C=O) groups excluding carboxylic acids is 2. The van der Waals surface area contributed by atoms with E-state index in [9.17, 15) is 9.59 Å². The molecule has 2 aromatic carbocycles. The maximum Gasteiger partial charge on any atom is 0.224 e. The second kappa shape index (κ2) is 8.52. The van der Waals surface area contributed by atoms with Crippen LogP contribution in [0.15, 0.2) is 48.7 Å². The number of methoxy groups -OCH3 is 2. The van der Waals surface area contributed by atoms with Gasteiger partial charge < -0.3 is 14.8 Å². The van der Waals surface area contributed by atoms with Crippen molar-refractivity contribution in [2.45, 2.75) is 19.9 Å². The van der Waals surface area contributed by atoms with Crippen LogP contribution in [-0.2, 0) is 17.8 Å². The third-order valence-corrected chi connectivity index (χ3v) is 4.50. The number of fused-ring (bicyclic) bond motifs is 1. The van der Waals surface area contributed by atoms with Gasteiger partial charge in [0.05, 0.1) is 26.2 Å². The fourth-order valence-corrected chi connectivity index (χ4v) is 3.07. The van der Waals surface area contributed by atoms with Crippen LogP contribution in [0, 0.1) is 0 Å². The minimum Gasteiger partial charge on any atom is -0.493 e. The molecule has 1 amide bonds. The fraction of sp³-hybridized carbons (Fsp3) is 0.227. The molecule has 0 saturated carbocycles. The second-order valence-corrected chi connectivity index (χ2v) is 6.40. The number of benzene rings is 2. The first-order valence-corrected chi connectivity index (χ1v) is 8.88. The van der Waals surface area contributed by atoms with Crippen molar-refractivity contribution < 1.29 is 19.1 Å². The van der Waals surface area contributed by atoms with Gasteiger partial charge >= 0.3 is 0 Å². The first-order chi connectivity index (χ1) is 13.5. The van der Waals surface area contributed by atoms with Crippen molar-refractivity contribution in [1.29, 1.82) is 0 Å². The molecular weight excluding hydrogens is 356 g/mol. The summed E-state index contributed by atoms with van der Waals surface area (Å²) in [7, 11) is 3.02. The van der Waals surface area contributed by atoms with Gasteiger partial charge in [-0.2, -0.15) is 0 Å². The van der Waals surface area contributed by atoms with Gasteiger partial charge in [-0.1, -0.05) is 12.1 Å². The highest BCUT2D eigenvalue weighted by Crippen LogP contribution is 2.31. The van der Waals surface area contributed by atoms with Gasteiger partial charge in [-0.05, 0) is 48.4 Å². The Morgan fingerprint density at radius 1 is 1.04 bits per heavy atom. The first-order valence-electron chi connectivity index (χ1n) is 8.88. The van der Waals surface area contributed by atoms with E-state index in [1.807, 2.05) is 30.3 Å². The Balaban J connectivity index is 1.73. The fourth-order valence-electron chi connectivity index (χ4n) is 3.07. The van der Waals surface area contributed by atoms with Gasteiger partial charge in [0.15, 0.2) is 17.3 Å². The number of aromatic nitrogens is 1. The maximum atomic E-state index is 12.5. The van der Waals surface area contributed by atoms with E-state index < -0.39 is 0 Å². The van der Waals surface area contributed by atoms with Crippen molar-refractivity contribution in [2.75, 3.05) is 14.2 Å². The molecule has 0 radical (unpaired) electrons. The summed E-state index contributed by atoms with van der Waals surface area (Å²) in [5.74, 6) is 0.630. The highest BCUT2D eigenvalue weighted by molar-refractivity contribution is 5.97. The van der Waals surface area contributed by atoms with Gasteiger partial charge in [0, 0.05) is 23.7 Å². The SMILES string of the molecule is COc1cc(CC(=O)NCc2ccc3ncccc3c2)c(C(C)=O)cc1OC. The predicted molar refractivity (Wildman–Crippen MR) is 107 cm³/mol. The van der Waals surface area contributed by atoms with Gasteiger partial charge in [-0.25, -0.2) is 0 Å². The standard InChI is InChI=1S/C22H22N2O4/c1-14(25)18-12-21(28-3)20(27-2)10-17(18)11-22(26)24-13-15-6-7-19-16(9-15)5-4-8-23-19/h4-10,12H,11,13H2,1-3H3,(H,24,26). The number of ketones is 1. The van der Waals surface area contributed by atoms with Gasteiger partial charge in [0.25, 0.3) is 0 Å². The molecule has 0 aliphatic heterocycles. The molecule has 1 N–H and O–H groups in total. The monoisotopic (exact) mass is 378 g/mol. The summed E-state index contributed by atoms with van der Waals surface area (Å²) in [4.78, 5) is 28.7. The lowest BCUT2D eigenvalue weighted by atomic mass is 10.00. The van der Waals surface area contributed by atoms with Crippen molar-refractivity contribution in [1.82, 2.24) is 10.3 Å². The lowest BCUT2D eigenvalue weighted by Crippen LogP contribution is -2.25. The number of hydrogen-bond donors (Lipinski definition) is 1. The number of ether oxygens (including phenoxy) is 2. The van der Waals surface area contributed by atoms with E-state index in [2.05, 4.69) is 10.3 Å². The van der Waals surface area contributed by atoms with E-state index in [0.717, 1.165) is 16.5 Å². The summed E-state index contributed by atoms with van der Waals surface area (Å²) >= 11 is 0. The quantitative estimate of drug-likeness (QED) is 0.638. The minimum absolute atomic E-state index is 0.0738. The van der Waals surface area contributed by atoms with Crippen molar-refractivity contribution in [3.63, 3.8) is 0 Å². The van der Waals surface area contributed by atoms with E-state index >= 15 is 0 Å². The Kier molecular flexibility index (Phi) is 5.89. The summed E-state index contributed by atoms with van der Waals surface area (Å²) in [5.41, 5.74) is 2.94. The van der Waals surface area contributed by atoms with Crippen molar-refractivity contribution in [2.24, 2.45) is 0 Å². The van der Waals surface area contributed by atoms with E-state index in [-0.39, 0.29) is 18.1 Å². The molecule has 1 heterocycles. The molecule has 0 aliphatic rings. The summed E-state index contributed by atoms with van der Waals surface area (Å²) in [6, 6.07) is 13.0. The van der Waals surface area contributed by atoms with Crippen LogP contribution < -0.4 is 14.8 Å². The largest absolute Gasteiger partial charge is 0.493 e. The Morgan fingerprint density at radius 3 is 2.50 bits per heavy atom. The number of rotatable bonds is 7. The maximum absolute atomic E-state index is 12.5. The molecule has 28 heavy (non-hydrogen) atoms. The van der Waals surface area contributed by atoms with Crippen molar-refractivity contribution in [3.8, 4) is 11.5 Å². The molecule has 3 rings (SSSR count). The number of carbonyl (C=O) groups is 2. The normalized spacial score (nSPS) is 10.5. The second-order valence-electron chi connectivity index (χ2n) is 6.40. The Labute approximate surface area is 163 Å². The molecule has 0 saturated heterocycles. The average molecular weight is 378 g/mol. The Hall–Kier alpha value is -3.41. The molecule has 0 aliphatic carbocycles. The first kappa shape index (κ1) is 19.4. The van der Waals surface area contributed by atoms with Crippen LogP contribution in [0.2, 0.25) is 0 Å². The van der Waals surface area contributed by atoms with Crippen LogP contribution in [0.25, 0.3) is 10.9 Å². The molecule has 0 unspecified atom stereocenters. The summed E-state index contributed by atoms with van der Waals surface area (Å²) in [5, 5.41) is 3.92. The molecule has 0 spiro atoms. The minimum atomic E-state index is -0.180. The van der Waals surface area contributed by atoms with E-state index in [4.69, 9.17) is 9.47 Å². The van der Waals surface area contributed by atoms with Gasteiger partial charge in [-0.15, -0.1) is 0 Å². The third-order valence-electron chi connectivity index (χ3n) is 4.50. The van der Waals surface area contributed by atoms with E-state index in [0.29, 0.717) is 29.2 Å². The van der Waals surface area contributed by atoms with Crippen molar-refractivity contribution >= 4 is 22.6 Å².